The molecule has 0 spiro atoms. The minimum absolute atomic E-state index is 0.0139. The average molecular weight is 600 g/mol. The molecule has 3 aromatic carbocycles. The lowest BCUT2D eigenvalue weighted by Gasteiger charge is -2.37. The molecule has 3 amide bonds. The van der Waals surface area contributed by atoms with Gasteiger partial charge in [-0.2, -0.15) is 0 Å². The molecule has 4 rings (SSSR count). The molecular weight excluding hydrogens is 562 g/mol. The van der Waals surface area contributed by atoms with Crippen LogP contribution < -0.4 is 11.1 Å². The van der Waals surface area contributed by atoms with E-state index in [0.717, 1.165) is 16.7 Å². The molecule has 1 unspecified atom stereocenters. The Hall–Kier alpha value is -4.50. The largest absolute Gasteiger partial charge is 0.445 e. The van der Waals surface area contributed by atoms with E-state index in [4.69, 9.17) is 15.2 Å². The Labute approximate surface area is 256 Å². The summed E-state index contributed by atoms with van der Waals surface area (Å²) in [6.07, 6.45) is 2.26. The highest BCUT2D eigenvalue weighted by atomic mass is 32.2. The van der Waals surface area contributed by atoms with E-state index in [2.05, 4.69) is 54.9 Å². The van der Waals surface area contributed by atoms with E-state index in [-0.39, 0.29) is 24.9 Å². The van der Waals surface area contributed by atoms with E-state index >= 15 is 0 Å². The van der Waals surface area contributed by atoms with E-state index in [9.17, 15) is 14.4 Å². The number of hydrogen-bond acceptors (Lipinski definition) is 6. The summed E-state index contributed by atoms with van der Waals surface area (Å²) < 4.78 is 9.83. The molecule has 43 heavy (non-hydrogen) atoms. The van der Waals surface area contributed by atoms with Crippen molar-refractivity contribution >= 4 is 29.9 Å². The molecule has 3 N–H and O–H groups in total. The van der Waals surface area contributed by atoms with Gasteiger partial charge < -0.3 is 25.4 Å². The third kappa shape index (κ3) is 7.67. The molecule has 0 bridgehead atoms. The number of rotatable bonds is 13. The second-order valence-corrected chi connectivity index (χ2v) is 11.7. The molecule has 8 nitrogen and oxygen atoms in total. The molecule has 1 aliphatic heterocycles. The lowest BCUT2D eigenvalue weighted by Crippen LogP contribution is -2.49. The standard InChI is InChI=1S/C34H37N3O5S/c1-3-20-41-32(39)36-30(31(35)38)23-28-22-29(24-37(28)33(40)42-21-4-2)43-34(25-14-8-5-9-15-25,26-16-10-6-11-17-26)27-18-12-7-13-19-27/h3-19,28-30H,1-2,20-24H2,(H2,35,38)(H,36,39)/t28-,29-,30?/m0/s1. The summed E-state index contributed by atoms with van der Waals surface area (Å²) in [6.45, 7) is 7.57. The molecule has 3 aromatic rings. The van der Waals surface area contributed by atoms with Gasteiger partial charge in [-0.25, -0.2) is 9.59 Å². The number of nitrogens with two attached hydrogens (primary N) is 1. The highest BCUT2D eigenvalue weighted by Crippen LogP contribution is 2.52. The van der Waals surface area contributed by atoms with Gasteiger partial charge in [0.25, 0.3) is 0 Å². The Balaban J connectivity index is 1.71. The van der Waals surface area contributed by atoms with Crippen molar-refractivity contribution in [1.82, 2.24) is 10.2 Å². The highest BCUT2D eigenvalue weighted by molar-refractivity contribution is 8.01. The molecule has 0 saturated carbocycles. The van der Waals surface area contributed by atoms with Crippen molar-refractivity contribution in [2.24, 2.45) is 5.73 Å². The highest BCUT2D eigenvalue weighted by Gasteiger charge is 2.45. The lowest BCUT2D eigenvalue weighted by atomic mass is 9.84. The number of carbonyl (C=O) groups is 3. The number of nitrogens with zero attached hydrogens (tertiary/aromatic N) is 1. The summed E-state index contributed by atoms with van der Waals surface area (Å²) in [5.41, 5.74) is 8.98. The summed E-state index contributed by atoms with van der Waals surface area (Å²) in [5, 5.41) is 2.47. The number of thioether (sulfide) groups is 1. The van der Waals surface area contributed by atoms with Gasteiger partial charge in [0, 0.05) is 17.8 Å². The van der Waals surface area contributed by atoms with Crippen LogP contribution >= 0.6 is 11.8 Å². The van der Waals surface area contributed by atoms with Crippen molar-refractivity contribution in [1.29, 1.82) is 0 Å². The Bertz CT molecular complexity index is 1290. The molecule has 1 aliphatic rings. The number of carbonyl (C=O) groups excluding carboxylic acids is 3. The number of primary amides is 1. The molecule has 0 aliphatic carbocycles. The van der Waals surface area contributed by atoms with E-state index in [1.807, 2.05) is 54.6 Å². The van der Waals surface area contributed by atoms with Gasteiger partial charge in [-0.15, -0.1) is 11.8 Å². The summed E-state index contributed by atoms with van der Waals surface area (Å²) in [5.74, 6) is -0.724. The van der Waals surface area contributed by atoms with Crippen molar-refractivity contribution in [2.75, 3.05) is 19.8 Å². The molecule has 0 radical (unpaired) electrons. The quantitative estimate of drug-likeness (QED) is 0.195. The smallest absolute Gasteiger partial charge is 0.410 e. The zero-order chi connectivity index (χ0) is 30.7. The van der Waals surface area contributed by atoms with Crippen LogP contribution in [0.15, 0.2) is 116 Å². The first kappa shape index (κ1) is 31.4. The number of ether oxygens (including phenoxy) is 2. The first-order chi connectivity index (χ1) is 20.9. The second-order valence-electron chi connectivity index (χ2n) is 10.1. The fourth-order valence-electron chi connectivity index (χ4n) is 5.43. The zero-order valence-corrected chi connectivity index (χ0v) is 24.8. The topological polar surface area (TPSA) is 111 Å². The normalized spacial score (nSPS) is 17.0. The maximum atomic E-state index is 13.3. The molecule has 1 fully saturated rings. The van der Waals surface area contributed by atoms with Gasteiger partial charge in [0.15, 0.2) is 0 Å². The lowest BCUT2D eigenvalue weighted by molar-refractivity contribution is -0.120. The van der Waals surface area contributed by atoms with Gasteiger partial charge >= 0.3 is 12.2 Å². The van der Waals surface area contributed by atoms with Gasteiger partial charge in [-0.05, 0) is 29.5 Å². The Morgan fingerprint density at radius 3 is 1.84 bits per heavy atom. The minimum atomic E-state index is -1.05. The number of nitrogens with one attached hydrogen (secondary N) is 1. The fraction of sp³-hybridized carbons (Fsp3) is 0.265. The Morgan fingerprint density at radius 2 is 1.37 bits per heavy atom. The monoisotopic (exact) mass is 599 g/mol. The maximum Gasteiger partial charge on any atom is 0.410 e. The SMILES string of the molecule is C=CCOC(=O)NC(C[C@@H]1C[C@H](SC(c2ccccc2)(c2ccccc2)c2ccccc2)CN1C(=O)OCC=C)C(N)=O. The van der Waals surface area contributed by atoms with Gasteiger partial charge in [0.2, 0.25) is 5.91 Å². The number of hydrogen-bond donors (Lipinski definition) is 2. The molecular formula is C34H37N3O5S. The van der Waals surface area contributed by atoms with Crippen LogP contribution in [-0.2, 0) is 19.0 Å². The Morgan fingerprint density at radius 1 is 0.884 bits per heavy atom. The number of amides is 3. The first-order valence-corrected chi connectivity index (χ1v) is 15.0. The minimum Gasteiger partial charge on any atom is -0.445 e. The summed E-state index contributed by atoms with van der Waals surface area (Å²) in [6, 6.07) is 29.4. The van der Waals surface area contributed by atoms with Crippen LogP contribution in [0.2, 0.25) is 0 Å². The van der Waals surface area contributed by atoms with Gasteiger partial charge in [0.05, 0.1) is 4.75 Å². The van der Waals surface area contributed by atoms with Gasteiger partial charge in [-0.3, -0.25) is 4.79 Å². The van der Waals surface area contributed by atoms with E-state index in [0.29, 0.717) is 13.0 Å². The van der Waals surface area contributed by atoms with Crippen LogP contribution in [0.1, 0.15) is 29.5 Å². The van der Waals surface area contributed by atoms with Crippen LogP contribution in [-0.4, -0.2) is 60.1 Å². The van der Waals surface area contributed by atoms with Gasteiger partial charge in [0.1, 0.15) is 19.3 Å². The second kappa shape index (κ2) is 15.1. The molecule has 1 heterocycles. The van der Waals surface area contributed by atoms with Crippen molar-refractivity contribution < 1.29 is 23.9 Å². The summed E-state index contributed by atoms with van der Waals surface area (Å²) in [7, 11) is 0. The maximum absolute atomic E-state index is 13.3. The van der Waals surface area contributed by atoms with Crippen molar-refractivity contribution in [2.45, 2.75) is 34.9 Å². The van der Waals surface area contributed by atoms with E-state index in [1.54, 1.807) is 16.7 Å². The average Bonchev–Trinajstić information content (AvgIpc) is 3.44. The van der Waals surface area contributed by atoms with E-state index < -0.39 is 34.9 Å². The van der Waals surface area contributed by atoms with Crippen molar-refractivity contribution in [3.63, 3.8) is 0 Å². The molecule has 3 atom stereocenters. The van der Waals surface area contributed by atoms with E-state index in [1.165, 1.54) is 12.2 Å². The number of alkyl carbamates (subject to hydrolysis) is 1. The summed E-state index contributed by atoms with van der Waals surface area (Å²) >= 11 is 1.76. The predicted molar refractivity (Wildman–Crippen MR) is 170 cm³/mol. The molecule has 1 saturated heterocycles. The zero-order valence-electron chi connectivity index (χ0n) is 24.0. The van der Waals surface area contributed by atoms with Crippen LogP contribution in [0.25, 0.3) is 0 Å². The first-order valence-electron chi connectivity index (χ1n) is 14.1. The molecule has 224 valence electrons. The van der Waals surface area contributed by atoms with Crippen molar-refractivity contribution in [3.8, 4) is 0 Å². The van der Waals surface area contributed by atoms with Crippen LogP contribution in [0.5, 0.6) is 0 Å². The third-order valence-electron chi connectivity index (χ3n) is 7.30. The van der Waals surface area contributed by atoms with Gasteiger partial charge in [-0.1, -0.05) is 116 Å². The molecule has 9 heteroatoms. The van der Waals surface area contributed by atoms with Crippen LogP contribution in [0, 0.1) is 0 Å². The summed E-state index contributed by atoms with van der Waals surface area (Å²) in [4.78, 5) is 39.5. The predicted octanol–water partition coefficient (Wildman–Crippen LogP) is 5.63. The fourth-order valence-corrected chi connectivity index (χ4v) is 7.30. The third-order valence-corrected chi connectivity index (χ3v) is 9.03. The molecule has 0 aromatic heterocycles. The number of benzene rings is 3. The number of likely N-dealkylation sites (tertiary alicyclic amines) is 1. The van der Waals surface area contributed by atoms with Crippen molar-refractivity contribution in [3.05, 3.63) is 133 Å². The Kier molecular flexibility index (Phi) is 11.0. The van der Waals surface area contributed by atoms with Crippen LogP contribution in [0.3, 0.4) is 0 Å². The van der Waals surface area contributed by atoms with Crippen LogP contribution in [0.4, 0.5) is 9.59 Å².